The average molecular weight is 759 g/mol. The smallest absolute Gasteiger partial charge is 0.334 e. The second-order valence-corrected chi connectivity index (χ2v) is 17.0. The minimum atomic E-state index is -1.60. The van der Waals surface area contributed by atoms with E-state index in [1.165, 1.54) is 17.7 Å². The van der Waals surface area contributed by atoms with Crippen molar-refractivity contribution in [1.29, 1.82) is 0 Å². The molecule has 2 aliphatic carbocycles. The summed E-state index contributed by atoms with van der Waals surface area (Å²) < 4.78 is 12.1. The maximum Gasteiger partial charge on any atom is 0.334 e. The van der Waals surface area contributed by atoms with Gasteiger partial charge >= 0.3 is 11.9 Å². The van der Waals surface area contributed by atoms with Crippen LogP contribution >= 0.6 is 0 Å². The number of Topliss-reactive ketones (excluding diaryl/α,β-unsaturated/α-hetero) is 1. The number of aromatic hydroxyl groups is 2. The van der Waals surface area contributed by atoms with Gasteiger partial charge in [0.05, 0.1) is 18.9 Å². The van der Waals surface area contributed by atoms with Crippen LogP contribution in [-0.2, 0) is 44.0 Å². The molecule has 9 heteroatoms. The molecule has 2 saturated carbocycles. The van der Waals surface area contributed by atoms with Crippen LogP contribution in [0.4, 0.5) is 0 Å². The molecule has 9 nitrogen and oxygen atoms in total. The number of carbonyl (C=O) groups excluding carboxylic acids is 3. The summed E-state index contributed by atoms with van der Waals surface area (Å²) in [6.07, 6.45) is 8.23. The van der Waals surface area contributed by atoms with E-state index in [2.05, 4.69) is 36.1 Å². The van der Waals surface area contributed by atoms with Crippen molar-refractivity contribution in [2.24, 2.45) is 11.8 Å². The van der Waals surface area contributed by atoms with Gasteiger partial charge in [-0.25, -0.2) is 4.79 Å². The summed E-state index contributed by atoms with van der Waals surface area (Å²) in [5.74, 6) is 3.74. The number of hydrogen-bond donors (Lipinski definition) is 4. The number of esters is 2. The number of hydrogen-bond acceptors (Lipinski definition) is 9. The number of aliphatic hydroxyl groups excluding tert-OH is 1. The number of allylic oxidation sites excluding steroid dienone is 1. The molecular weight excluding hydrogens is 709 g/mol. The number of ketones is 1. The van der Waals surface area contributed by atoms with Gasteiger partial charge in [-0.05, 0) is 109 Å². The highest BCUT2D eigenvalue weighted by Crippen LogP contribution is 2.46. The number of benzene rings is 3. The Bertz CT molecular complexity index is 2150. The minimum Gasteiger partial charge on any atom is -0.508 e. The van der Waals surface area contributed by atoms with E-state index < -0.39 is 41.4 Å². The molecule has 2 fully saturated rings. The lowest BCUT2D eigenvalue weighted by Gasteiger charge is -2.42. The monoisotopic (exact) mass is 758 g/mol. The van der Waals surface area contributed by atoms with Gasteiger partial charge in [-0.15, -0.1) is 0 Å². The van der Waals surface area contributed by atoms with Crippen LogP contribution in [0.25, 0.3) is 0 Å². The third-order valence-electron chi connectivity index (χ3n) is 13.4. The molecule has 0 aromatic heterocycles. The van der Waals surface area contributed by atoms with Crippen LogP contribution in [0.2, 0.25) is 0 Å². The van der Waals surface area contributed by atoms with E-state index in [4.69, 9.17) is 9.47 Å². The standard InChI is InChI=1S/C47H50O9/c1-46(54)36-10-11-40(50)34(21-36)16-28-6-5-7-37(18-28)47(13-3-2-4-14-47)15-12-32-20-30(33-17-29(27-48)19-38(49)22-33)8-9-31-25-44(52)55-42-26-41(51)35(23-39(31)42)24-43(46)56-45(32)53/h5-7,12,17-19,22-23,26,30-31,34,36,43,48-49,51,54H,2-4,10-11,13-16,20-21,24-25,27H2,1H3/b32-12-/t30-,31+,34+,36-,43+,46-/m0/s1. The largest absolute Gasteiger partial charge is 0.508 e. The Kier molecular flexibility index (Phi) is 10.3. The number of rotatable bonds is 2. The molecule has 0 radical (unpaired) electrons. The molecule has 56 heavy (non-hydrogen) atoms. The van der Waals surface area contributed by atoms with E-state index in [1.807, 2.05) is 6.08 Å². The number of phenolic OH excluding ortho intramolecular Hbond substituents is 2. The van der Waals surface area contributed by atoms with Gasteiger partial charge in [-0.1, -0.05) is 67.5 Å². The van der Waals surface area contributed by atoms with Crippen LogP contribution in [0.1, 0.15) is 123 Å². The summed E-state index contributed by atoms with van der Waals surface area (Å²) in [4.78, 5) is 41.2. The maximum absolute atomic E-state index is 14.9. The number of fused-ring (bicyclic) bond motifs is 9. The zero-order valence-corrected chi connectivity index (χ0v) is 31.9. The van der Waals surface area contributed by atoms with Gasteiger partial charge in [-0.2, -0.15) is 0 Å². The molecular formula is C47H50O9. The van der Waals surface area contributed by atoms with Crippen molar-refractivity contribution in [3.63, 3.8) is 0 Å². The molecule has 3 aliphatic heterocycles. The van der Waals surface area contributed by atoms with Crippen LogP contribution in [0.3, 0.4) is 0 Å². The van der Waals surface area contributed by atoms with Gasteiger partial charge in [0.25, 0.3) is 0 Å². The highest BCUT2D eigenvalue weighted by Gasteiger charge is 2.47. The summed E-state index contributed by atoms with van der Waals surface area (Å²) in [6, 6.07) is 16.5. The Morgan fingerprint density at radius 1 is 0.893 bits per heavy atom. The van der Waals surface area contributed by atoms with Crippen molar-refractivity contribution in [1.82, 2.24) is 0 Å². The summed E-state index contributed by atoms with van der Waals surface area (Å²) in [5.41, 5.74) is 2.87. The quantitative estimate of drug-likeness (QED) is 0.122. The van der Waals surface area contributed by atoms with Crippen molar-refractivity contribution in [2.45, 2.75) is 126 Å². The van der Waals surface area contributed by atoms with Crippen LogP contribution in [0, 0.1) is 23.7 Å². The minimum absolute atomic E-state index is 0.0305. The molecule has 8 rings (SSSR count). The molecule has 6 atom stereocenters. The van der Waals surface area contributed by atoms with Crippen molar-refractivity contribution < 1.29 is 44.3 Å². The number of carbonyl (C=O) groups is 3. The zero-order valence-electron chi connectivity index (χ0n) is 31.9. The molecule has 3 heterocycles. The Labute approximate surface area is 327 Å². The number of aliphatic hydroxyl groups is 2. The third kappa shape index (κ3) is 7.49. The second-order valence-electron chi connectivity index (χ2n) is 17.0. The third-order valence-corrected chi connectivity index (χ3v) is 13.4. The lowest BCUT2D eigenvalue weighted by atomic mass is 9.66. The fourth-order valence-corrected chi connectivity index (χ4v) is 9.99. The van der Waals surface area contributed by atoms with Gasteiger partial charge in [0, 0.05) is 41.9 Å². The molecule has 1 spiro atoms. The molecule has 3 aromatic rings. The first-order valence-electron chi connectivity index (χ1n) is 20.2. The second kappa shape index (κ2) is 15.2. The molecule has 0 unspecified atom stereocenters. The first kappa shape index (κ1) is 38.0. The van der Waals surface area contributed by atoms with Crippen molar-refractivity contribution in [3.8, 4) is 29.1 Å². The van der Waals surface area contributed by atoms with E-state index in [9.17, 15) is 34.8 Å². The van der Waals surface area contributed by atoms with Gasteiger partial charge in [0.1, 0.15) is 34.7 Å². The Morgan fingerprint density at radius 3 is 2.50 bits per heavy atom. The van der Waals surface area contributed by atoms with Gasteiger partial charge < -0.3 is 29.9 Å². The van der Waals surface area contributed by atoms with Gasteiger partial charge in [0.2, 0.25) is 0 Å². The van der Waals surface area contributed by atoms with E-state index in [0.717, 1.165) is 37.7 Å². The fourth-order valence-electron chi connectivity index (χ4n) is 9.99. The van der Waals surface area contributed by atoms with E-state index in [-0.39, 0.29) is 60.2 Å². The van der Waals surface area contributed by atoms with Crippen LogP contribution in [-0.4, -0.2) is 49.9 Å². The summed E-state index contributed by atoms with van der Waals surface area (Å²) >= 11 is 0. The Hall–Kier alpha value is -4.91. The molecule has 0 amide bonds. The van der Waals surface area contributed by atoms with E-state index in [1.54, 1.807) is 25.1 Å². The SMILES string of the molecule is C[C@]1(O)[C@H]2CCC(=O)[C@H](Cc3cccc(c3)C3(C/C=C4/C[C@@H](c5cc(O)cc(CO)c5)C#C[C@@H]5CC(=O)Oc6cc(O)c(cc65)C[C@H]1OC4=O)CCCCC3)C2. The predicted molar refractivity (Wildman–Crippen MR) is 208 cm³/mol. The highest BCUT2D eigenvalue weighted by atomic mass is 16.6. The van der Waals surface area contributed by atoms with Crippen LogP contribution in [0.15, 0.2) is 66.2 Å². The topological polar surface area (TPSA) is 151 Å². The Balaban J connectivity index is 1.34. The van der Waals surface area contributed by atoms with Gasteiger partial charge in [0.15, 0.2) is 0 Å². The summed E-state index contributed by atoms with van der Waals surface area (Å²) in [6.45, 7) is 1.36. The lowest BCUT2D eigenvalue weighted by Crippen LogP contribution is -2.52. The first-order chi connectivity index (χ1) is 26.9. The van der Waals surface area contributed by atoms with Crippen molar-refractivity contribution in [2.75, 3.05) is 0 Å². The van der Waals surface area contributed by atoms with Crippen LogP contribution < -0.4 is 4.74 Å². The average Bonchev–Trinajstić information content (AvgIpc) is 3.18. The lowest BCUT2D eigenvalue weighted by molar-refractivity contribution is -0.170. The molecule has 8 bridgehead atoms. The first-order valence-corrected chi connectivity index (χ1v) is 20.2. The fraction of sp³-hybridized carbons (Fsp3) is 0.468. The van der Waals surface area contributed by atoms with Gasteiger partial charge in [-0.3, -0.25) is 9.59 Å². The van der Waals surface area contributed by atoms with Crippen molar-refractivity contribution in [3.05, 3.63) is 99.6 Å². The number of phenols is 2. The van der Waals surface area contributed by atoms with Crippen LogP contribution in [0.5, 0.6) is 17.2 Å². The van der Waals surface area contributed by atoms with E-state index >= 15 is 0 Å². The maximum atomic E-state index is 14.9. The normalized spacial score (nSPS) is 29.7. The summed E-state index contributed by atoms with van der Waals surface area (Å²) in [7, 11) is 0. The molecule has 292 valence electrons. The van der Waals surface area contributed by atoms with E-state index in [0.29, 0.717) is 59.9 Å². The molecule has 5 aliphatic rings. The molecule has 4 N–H and O–H groups in total. The Morgan fingerprint density at radius 2 is 1.70 bits per heavy atom. The highest BCUT2D eigenvalue weighted by molar-refractivity contribution is 5.89. The predicted octanol–water partition coefficient (Wildman–Crippen LogP) is 7.14. The van der Waals surface area contributed by atoms with Crippen molar-refractivity contribution >= 4 is 17.7 Å². The summed E-state index contributed by atoms with van der Waals surface area (Å²) in [5, 5.41) is 44.8. The zero-order chi connectivity index (χ0) is 39.2. The molecule has 3 aromatic carbocycles. The molecule has 0 saturated heterocycles. The number of ether oxygens (including phenoxy) is 2.